The molecule has 2 aliphatic rings. The van der Waals surface area contributed by atoms with Crippen molar-refractivity contribution < 1.29 is 9.53 Å². The molecule has 2 fully saturated rings. The maximum atomic E-state index is 12.9. The number of amides is 1. The molecule has 2 aliphatic heterocycles. The average molecular weight is 374 g/mol. The Balaban J connectivity index is 1.31. The van der Waals surface area contributed by atoms with Gasteiger partial charge in [0.15, 0.2) is 5.13 Å². The summed E-state index contributed by atoms with van der Waals surface area (Å²) in [5, 5.41) is 1.09. The van der Waals surface area contributed by atoms with Gasteiger partial charge in [0, 0.05) is 38.7 Å². The molecule has 0 atom stereocenters. The van der Waals surface area contributed by atoms with Crippen LogP contribution in [0.15, 0.2) is 24.3 Å². The number of carbonyl (C=O) groups excluding carboxylic acids is 1. The molecule has 6 heteroatoms. The van der Waals surface area contributed by atoms with E-state index in [-0.39, 0.29) is 5.92 Å². The van der Waals surface area contributed by atoms with Gasteiger partial charge in [-0.05, 0) is 44.7 Å². The maximum Gasteiger partial charge on any atom is 0.225 e. The fraction of sp³-hybridized carbons (Fsp3) is 0.600. The fourth-order valence-corrected chi connectivity index (χ4v) is 5.07. The Morgan fingerprint density at radius 1 is 1.15 bits per heavy atom. The summed E-state index contributed by atoms with van der Waals surface area (Å²) in [5.74, 6) is 0.521. The highest BCUT2D eigenvalue weighted by molar-refractivity contribution is 7.22. The van der Waals surface area contributed by atoms with E-state index in [9.17, 15) is 4.79 Å². The largest absolute Gasteiger partial charge is 0.378 e. The number of hydrogen-bond acceptors (Lipinski definition) is 5. The predicted molar refractivity (Wildman–Crippen MR) is 106 cm³/mol. The van der Waals surface area contributed by atoms with Gasteiger partial charge in [0.05, 0.1) is 16.3 Å². The highest BCUT2D eigenvalue weighted by Gasteiger charge is 2.31. The van der Waals surface area contributed by atoms with E-state index >= 15 is 0 Å². The molecule has 0 bridgehead atoms. The first-order valence-corrected chi connectivity index (χ1v) is 10.6. The second-order valence-corrected chi connectivity index (χ2v) is 8.21. The summed E-state index contributed by atoms with van der Waals surface area (Å²) in [4.78, 5) is 22.0. The van der Waals surface area contributed by atoms with Crippen LogP contribution in [0.4, 0.5) is 5.13 Å². The molecule has 1 aromatic carbocycles. The Hall–Kier alpha value is -1.66. The van der Waals surface area contributed by atoms with Gasteiger partial charge in [0.1, 0.15) is 0 Å². The molecule has 0 radical (unpaired) electrons. The highest BCUT2D eigenvalue weighted by atomic mass is 32.1. The lowest BCUT2D eigenvalue weighted by Gasteiger charge is -2.37. The molecule has 0 aliphatic carbocycles. The van der Waals surface area contributed by atoms with Crippen molar-refractivity contribution in [1.82, 2.24) is 9.88 Å². The van der Waals surface area contributed by atoms with Crippen molar-refractivity contribution in [3.63, 3.8) is 0 Å². The van der Waals surface area contributed by atoms with Crippen LogP contribution >= 0.6 is 11.3 Å². The van der Waals surface area contributed by atoms with Crippen LogP contribution in [0.1, 0.15) is 32.6 Å². The van der Waals surface area contributed by atoms with Crippen LogP contribution in [0, 0.1) is 5.92 Å². The van der Waals surface area contributed by atoms with Crippen LogP contribution in [0.5, 0.6) is 0 Å². The number of piperidine rings is 2. The van der Waals surface area contributed by atoms with Crippen LogP contribution in [0.25, 0.3) is 10.2 Å². The minimum atomic E-state index is 0.171. The summed E-state index contributed by atoms with van der Waals surface area (Å²) >= 11 is 1.75. The zero-order valence-electron chi connectivity index (χ0n) is 15.4. The van der Waals surface area contributed by atoms with Gasteiger partial charge in [-0.3, -0.25) is 4.79 Å². The third kappa shape index (κ3) is 3.71. The monoisotopic (exact) mass is 373 g/mol. The van der Waals surface area contributed by atoms with Gasteiger partial charge >= 0.3 is 0 Å². The van der Waals surface area contributed by atoms with E-state index in [0.717, 1.165) is 69.1 Å². The van der Waals surface area contributed by atoms with Crippen LogP contribution in [0.2, 0.25) is 0 Å². The van der Waals surface area contributed by atoms with Crippen LogP contribution in [-0.2, 0) is 9.53 Å². The van der Waals surface area contributed by atoms with Crippen molar-refractivity contribution in [3.05, 3.63) is 24.3 Å². The van der Waals surface area contributed by atoms with Gasteiger partial charge in [-0.15, -0.1) is 0 Å². The standard InChI is InChI=1S/C20H27N3O2S/c1-2-25-16-9-13-22(14-10-16)19(24)15-7-11-23(12-8-15)20-21-17-5-3-4-6-18(17)26-20/h3-6,15-16H,2,7-14H2,1H3. The minimum Gasteiger partial charge on any atom is -0.378 e. The second kappa shape index (κ2) is 7.92. The molecule has 1 amide bonds. The molecule has 5 nitrogen and oxygen atoms in total. The molecule has 0 N–H and O–H groups in total. The molecule has 0 unspecified atom stereocenters. The van der Waals surface area contributed by atoms with Gasteiger partial charge in [-0.2, -0.15) is 0 Å². The Bertz CT molecular complexity index is 713. The van der Waals surface area contributed by atoms with Crippen molar-refractivity contribution in [2.45, 2.75) is 38.7 Å². The average Bonchev–Trinajstić information content (AvgIpc) is 3.13. The third-order valence-corrected chi connectivity index (χ3v) is 6.65. The van der Waals surface area contributed by atoms with E-state index < -0.39 is 0 Å². The lowest BCUT2D eigenvalue weighted by atomic mass is 9.94. The summed E-state index contributed by atoms with van der Waals surface area (Å²) in [6, 6.07) is 8.28. The topological polar surface area (TPSA) is 45.7 Å². The van der Waals surface area contributed by atoms with E-state index in [0.29, 0.717) is 12.0 Å². The number of ether oxygens (including phenoxy) is 1. The number of anilines is 1. The third-order valence-electron chi connectivity index (χ3n) is 5.55. The number of fused-ring (bicyclic) bond motifs is 1. The fourth-order valence-electron chi connectivity index (χ4n) is 4.05. The Kier molecular flexibility index (Phi) is 5.41. The van der Waals surface area contributed by atoms with Crippen molar-refractivity contribution >= 4 is 32.6 Å². The Morgan fingerprint density at radius 3 is 2.58 bits per heavy atom. The molecule has 4 rings (SSSR count). The minimum absolute atomic E-state index is 0.171. The smallest absolute Gasteiger partial charge is 0.225 e. The number of aromatic nitrogens is 1. The SMILES string of the molecule is CCOC1CCN(C(=O)C2CCN(c3nc4ccccc4s3)CC2)CC1. The van der Waals surface area contributed by atoms with Gasteiger partial charge in [0.25, 0.3) is 0 Å². The molecular formula is C20H27N3O2S. The predicted octanol–water partition coefficient (Wildman–Crippen LogP) is 3.54. The van der Waals surface area contributed by atoms with E-state index in [2.05, 4.69) is 28.0 Å². The Morgan fingerprint density at radius 2 is 1.88 bits per heavy atom. The van der Waals surface area contributed by atoms with Gasteiger partial charge in [0.2, 0.25) is 5.91 Å². The van der Waals surface area contributed by atoms with E-state index in [4.69, 9.17) is 9.72 Å². The van der Waals surface area contributed by atoms with Crippen molar-refractivity contribution in [2.75, 3.05) is 37.7 Å². The van der Waals surface area contributed by atoms with Crippen LogP contribution in [-0.4, -0.2) is 54.7 Å². The van der Waals surface area contributed by atoms with E-state index in [1.807, 2.05) is 13.0 Å². The van der Waals surface area contributed by atoms with Crippen LogP contribution in [0.3, 0.4) is 0 Å². The highest BCUT2D eigenvalue weighted by Crippen LogP contribution is 2.32. The maximum absolute atomic E-state index is 12.9. The number of benzene rings is 1. The second-order valence-electron chi connectivity index (χ2n) is 7.21. The number of carbonyl (C=O) groups is 1. The molecule has 1 aromatic heterocycles. The quantitative estimate of drug-likeness (QED) is 0.822. The number of nitrogens with zero attached hydrogens (tertiary/aromatic N) is 3. The zero-order valence-corrected chi connectivity index (χ0v) is 16.2. The first kappa shape index (κ1) is 17.7. The van der Waals surface area contributed by atoms with Crippen molar-refractivity contribution in [1.29, 1.82) is 0 Å². The summed E-state index contributed by atoms with van der Waals surface area (Å²) < 4.78 is 6.93. The Labute approximate surface area is 159 Å². The molecule has 140 valence electrons. The number of thiazole rings is 1. The first-order valence-electron chi connectivity index (χ1n) is 9.75. The lowest BCUT2D eigenvalue weighted by Crippen LogP contribution is -2.46. The number of hydrogen-bond donors (Lipinski definition) is 0. The molecule has 26 heavy (non-hydrogen) atoms. The van der Waals surface area contributed by atoms with E-state index in [1.54, 1.807) is 11.3 Å². The summed E-state index contributed by atoms with van der Waals surface area (Å²) in [5.41, 5.74) is 1.07. The summed E-state index contributed by atoms with van der Waals surface area (Å²) in [6.45, 7) is 6.35. The molecule has 2 aromatic rings. The molecule has 0 saturated carbocycles. The van der Waals surface area contributed by atoms with Crippen molar-refractivity contribution in [2.24, 2.45) is 5.92 Å². The van der Waals surface area contributed by atoms with Crippen LogP contribution < -0.4 is 4.90 Å². The molecular weight excluding hydrogens is 346 g/mol. The number of rotatable bonds is 4. The van der Waals surface area contributed by atoms with Gasteiger partial charge < -0.3 is 14.5 Å². The lowest BCUT2D eigenvalue weighted by molar-refractivity contribution is -0.138. The molecule has 0 spiro atoms. The number of likely N-dealkylation sites (tertiary alicyclic amines) is 1. The zero-order chi connectivity index (χ0) is 17.9. The van der Waals surface area contributed by atoms with Gasteiger partial charge in [-0.1, -0.05) is 23.5 Å². The number of para-hydroxylation sites is 1. The first-order chi connectivity index (χ1) is 12.7. The normalized spacial score (nSPS) is 20.0. The summed E-state index contributed by atoms with van der Waals surface area (Å²) in [7, 11) is 0. The van der Waals surface area contributed by atoms with Crippen molar-refractivity contribution in [3.8, 4) is 0 Å². The van der Waals surface area contributed by atoms with E-state index in [1.165, 1.54) is 4.70 Å². The van der Waals surface area contributed by atoms with Gasteiger partial charge in [-0.25, -0.2) is 4.98 Å². The summed E-state index contributed by atoms with van der Waals surface area (Å²) in [6.07, 6.45) is 4.15. The molecule has 2 saturated heterocycles. The molecule has 3 heterocycles.